The molecule has 0 saturated carbocycles. The maximum Gasteiger partial charge on any atom is 0.335 e. The van der Waals surface area contributed by atoms with E-state index in [-0.39, 0.29) is 22.2 Å². The van der Waals surface area contributed by atoms with E-state index in [0.29, 0.717) is 10.9 Å². The van der Waals surface area contributed by atoms with Gasteiger partial charge in [0, 0.05) is 10.9 Å². The van der Waals surface area contributed by atoms with Gasteiger partial charge in [-0.15, -0.1) is 0 Å². The number of halogens is 4. The summed E-state index contributed by atoms with van der Waals surface area (Å²) in [6.07, 6.45) is 0. The normalized spacial score (nSPS) is 8.40. The highest BCUT2D eigenvalue weighted by Gasteiger charge is 2.02. The standard InChI is InChI=1S/C5H7BrO2.C5H8O3.Br3P/c2*1-4(3-6)5(7)8-2;1-4(2)3/h1,3H2,2H3;6H,1,3H2,2H3;. The van der Waals surface area contributed by atoms with Gasteiger partial charge in [0.1, 0.15) is 4.03 Å². The van der Waals surface area contributed by atoms with Gasteiger partial charge in [-0.25, -0.2) is 9.59 Å². The van der Waals surface area contributed by atoms with E-state index >= 15 is 0 Å². The smallest absolute Gasteiger partial charge is 0.335 e. The lowest BCUT2D eigenvalue weighted by molar-refractivity contribution is -0.137. The zero-order valence-electron chi connectivity index (χ0n) is 10.9. The van der Waals surface area contributed by atoms with Crippen molar-refractivity contribution >= 4 is 78.4 Å². The van der Waals surface area contributed by atoms with Gasteiger partial charge in [0.05, 0.1) is 26.4 Å². The number of esters is 2. The van der Waals surface area contributed by atoms with Gasteiger partial charge in [-0.2, -0.15) is 0 Å². The van der Waals surface area contributed by atoms with E-state index in [4.69, 9.17) is 5.11 Å². The molecule has 0 aliphatic rings. The molecule has 0 radical (unpaired) electrons. The second-order valence-electron chi connectivity index (χ2n) is 2.67. The number of carbonyl (C=O) groups excluding carboxylic acids is 2. The van der Waals surface area contributed by atoms with Crippen LogP contribution in [0.1, 0.15) is 0 Å². The third-order valence-electron chi connectivity index (χ3n) is 1.30. The van der Waals surface area contributed by atoms with Gasteiger partial charge >= 0.3 is 11.9 Å². The summed E-state index contributed by atoms with van der Waals surface area (Å²) in [6.45, 7) is 6.30. The zero-order valence-corrected chi connectivity index (χ0v) is 18.1. The van der Waals surface area contributed by atoms with Crippen molar-refractivity contribution in [1.82, 2.24) is 0 Å². The topological polar surface area (TPSA) is 72.8 Å². The summed E-state index contributed by atoms with van der Waals surface area (Å²) >= 11 is 12.6. The fourth-order valence-corrected chi connectivity index (χ4v) is 0.637. The third kappa shape index (κ3) is 21.0. The number of ether oxygens (including phenoxy) is 2. The Balaban J connectivity index is -0.000000230. The molecule has 0 amide bonds. The summed E-state index contributed by atoms with van der Waals surface area (Å²) in [7, 11) is 2.57. The van der Waals surface area contributed by atoms with Gasteiger partial charge in [0.25, 0.3) is 0 Å². The first-order valence-corrected chi connectivity index (χ1v) is 13.2. The zero-order chi connectivity index (χ0) is 16.7. The van der Waals surface area contributed by atoms with Crippen molar-refractivity contribution < 1.29 is 24.2 Å². The van der Waals surface area contributed by atoms with Gasteiger partial charge in [-0.3, -0.25) is 0 Å². The summed E-state index contributed by atoms with van der Waals surface area (Å²) < 4.78 is 8.36. The Labute approximate surface area is 152 Å². The van der Waals surface area contributed by atoms with E-state index in [0.717, 1.165) is 0 Å². The molecule has 0 aromatic heterocycles. The molecule has 0 aliphatic heterocycles. The fraction of sp³-hybridized carbons (Fsp3) is 0.400. The number of aliphatic hydroxyl groups is 1. The van der Waals surface area contributed by atoms with E-state index in [1.807, 2.05) is 0 Å². The summed E-state index contributed by atoms with van der Waals surface area (Å²) in [5.74, 6) is -0.922. The maximum absolute atomic E-state index is 10.4. The molecule has 0 rings (SSSR count). The van der Waals surface area contributed by atoms with Crippen molar-refractivity contribution in [2.75, 3.05) is 26.2 Å². The van der Waals surface area contributed by atoms with E-state index < -0.39 is 5.97 Å². The second kappa shape index (κ2) is 17.8. The van der Waals surface area contributed by atoms with Crippen LogP contribution in [0.4, 0.5) is 0 Å². The molecule has 0 bridgehead atoms. The number of hydrogen-bond donors (Lipinski definition) is 1. The molecular formula is C10H15Br4O5P. The minimum atomic E-state index is -0.563. The minimum absolute atomic E-state index is 0.0764. The highest BCUT2D eigenvalue weighted by molar-refractivity contribution is 9.93. The van der Waals surface area contributed by atoms with E-state index in [1.54, 1.807) is 0 Å². The summed E-state index contributed by atoms with van der Waals surface area (Å²) in [6, 6.07) is 0. The number of rotatable bonds is 4. The van der Waals surface area contributed by atoms with Crippen LogP contribution in [-0.2, 0) is 19.1 Å². The quantitative estimate of drug-likeness (QED) is 0.239. The Morgan fingerprint density at radius 1 is 1.05 bits per heavy atom. The number of aliphatic hydroxyl groups excluding tert-OH is 1. The Bertz CT molecular complexity index is 264. The molecule has 0 spiro atoms. The van der Waals surface area contributed by atoms with Crippen LogP contribution in [0, 0.1) is 0 Å². The predicted molar refractivity (Wildman–Crippen MR) is 96.9 cm³/mol. The number of methoxy groups -OCH3 is 2. The highest BCUT2D eigenvalue weighted by Crippen LogP contribution is 2.59. The molecule has 1 N–H and O–H groups in total. The SMILES string of the molecule is BrP(Br)Br.C=C(CBr)C(=O)OC.C=C(CO)C(=O)OC. The van der Waals surface area contributed by atoms with Crippen LogP contribution in [0.2, 0.25) is 0 Å². The van der Waals surface area contributed by atoms with Crippen LogP contribution in [0.25, 0.3) is 0 Å². The third-order valence-corrected chi connectivity index (χ3v) is 1.98. The van der Waals surface area contributed by atoms with Crippen LogP contribution in [-0.4, -0.2) is 43.2 Å². The molecule has 0 saturated heterocycles. The lowest BCUT2D eigenvalue weighted by atomic mass is 10.3. The molecule has 5 nitrogen and oxygen atoms in total. The van der Waals surface area contributed by atoms with Crippen LogP contribution in [0.3, 0.4) is 0 Å². The van der Waals surface area contributed by atoms with Gasteiger partial charge < -0.3 is 14.6 Å². The molecule has 0 atom stereocenters. The Kier molecular flexibility index (Phi) is 22.8. The average molecular weight is 566 g/mol. The Hall–Kier alpha value is 0.730. The van der Waals surface area contributed by atoms with Crippen molar-refractivity contribution in [3.05, 3.63) is 24.3 Å². The first-order chi connectivity index (χ1) is 9.17. The number of carbonyl (C=O) groups is 2. The van der Waals surface area contributed by atoms with Gasteiger partial charge in [-0.1, -0.05) is 29.1 Å². The fourth-order valence-electron chi connectivity index (χ4n) is 0.408. The highest BCUT2D eigenvalue weighted by atomic mass is 80.0. The Morgan fingerprint density at radius 2 is 1.35 bits per heavy atom. The minimum Gasteiger partial charge on any atom is -0.466 e. The first-order valence-electron chi connectivity index (χ1n) is 4.64. The summed E-state index contributed by atoms with van der Waals surface area (Å²) in [4.78, 5) is 20.7. The molecule has 0 aromatic carbocycles. The van der Waals surface area contributed by atoms with Crippen LogP contribution >= 0.6 is 66.4 Å². The molecule has 0 heterocycles. The van der Waals surface area contributed by atoms with Crippen LogP contribution in [0.15, 0.2) is 24.3 Å². The summed E-state index contributed by atoms with van der Waals surface area (Å²) in [5.41, 5.74) is 0.514. The van der Waals surface area contributed by atoms with Crippen molar-refractivity contribution in [1.29, 1.82) is 0 Å². The molecule has 118 valence electrons. The van der Waals surface area contributed by atoms with Crippen molar-refractivity contribution in [2.45, 2.75) is 0 Å². The summed E-state index contributed by atoms with van der Waals surface area (Å²) in [5, 5.41) is 8.71. The van der Waals surface area contributed by atoms with E-state index in [9.17, 15) is 9.59 Å². The number of hydrogen-bond acceptors (Lipinski definition) is 5. The van der Waals surface area contributed by atoms with Gasteiger partial charge in [0.15, 0.2) is 0 Å². The largest absolute Gasteiger partial charge is 0.466 e. The lowest BCUT2D eigenvalue weighted by Crippen LogP contribution is -2.06. The van der Waals surface area contributed by atoms with Crippen molar-refractivity contribution in [3.63, 3.8) is 0 Å². The molecule has 0 aliphatic carbocycles. The first kappa shape index (κ1) is 25.7. The second-order valence-corrected chi connectivity index (χ2v) is 18.6. The monoisotopic (exact) mass is 562 g/mol. The van der Waals surface area contributed by atoms with Crippen LogP contribution < -0.4 is 0 Å². The maximum atomic E-state index is 10.4. The molecule has 0 aromatic rings. The van der Waals surface area contributed by atoms with Crippen molar-refractivity contribution in [2.24, 2.45) is 0 Å². The van der Waals surface area contributed by atoms with Crippen molar-refractivity contribution in [3.8, 4) is 0 Å². The van der Waals surface area contributed by atoms with Crippen LogP contribution in [0.5, 0.6) is 0 Å². The molecule has 10 heteroatoms. The van der Waals surface area contributed by atoms with Gasteiger partial charge in [0.2, 0.25) is 0 Å². The van der Waals surface area contributed by atoms with E-state index in [1.165, 1.54) is 14.2 Å². The molecule has 0 fully saturated rings. The molecular weight excluding hydrogens is 551 g/mol. The predicted octanol–water partition coefficient (Wildman–Crippen LogP) is 4.22. The lowest BCUT2D eigenvalue weighted by Gasteiger charge is -1.95. The Morgan fingerprint density at radius 3 is 1.45 bits per heavy atom. The average Bonchev–Trinajstić information content (AvgIpc) is 2.43. The number of alkyl halides is 1. The van der Waals surface area contributed by atoms with Gasteiger partial charge in [-0.05, 0) is 46.5 Å². The van der Waals surface area contributed by atoms with E-state index in [2.05, 4.69) is 85.0 Å². The molecule has 0 unspecified atom stereocenters. The molecule has 20 heavy (non-hydrogen) atoms.